The molecule has 35 heavy (non-hydrogen) atoms. The molecule has 5 heteroatoms. The molecule has 1 aromatic heterocycles. The quantitative estimate of drug-likeness (QED) is 0.244. The molecule has 2 heterocycles. The lowest BCUT2D eigenvalue weighted by Crippen LogP contribution is -2.21. The van der Waals surface area contributed by atoms with Gasteiger partial charge in [-0.1, -0.05) is 106 Å². The first kappa shape index (κ1) is 21.7. The normalized spacial score (nSPS) is 15.4. The maximum Gasteiger partial charge on any atom is 0.247 e. The van der Waals surface area contributed by atoms with E-state index >= 15 is 0 Å². The summed E-state index contributed by atoms with van der Waals surface area (Å²) in [5.74, 6) is 0.607. The minimum absolute atomic E-state index is 0.00667. The molecule has 0 unspecified atom stereocenters. The first-order valence-electron chi connectivity index (χ1n) is 11.7. The van der Waals surface area contributed by atoms with Crippen LogP contribution in [0.2, 0.25) is 0 Å². The molecule has 4 aromatic carbocycles. The van der Waals surface area contributed by atoms with Crippen LogP contribution in [-0.2, 0) is 0 Å². The first-order chi connectivity index (χ1) is 17.2. The Balaban J connectivity index is 1.54. The summed E-state index contributed by atoms with van der Waals surface area (Å²) in [5.41, 5.74) is 7.45. The minimum atomic E-state index is -0.00667. The molecular weight excluding hydrogens is 496 g/mol. The predicted molar refractivity (Wildman–Crippen MR) is 147 cm³/mol. The fourth-order valence-corrected chi connectivity index (χ4v) is 5.07. The second kappa shape index (κ2) is 9.08. The summed E-state index contributed by atoms with van der Waals surface area (Å²) in [6.45, 7) is 2.11. The van der Waals surface area contributed by atoms with E-state index in [1.165, 1.54) is 11.1 Å². The van der Waals surface area contributed by atoms with Crippen molar-refractivity contribution in [3.05, 3.63) is 124 Å². The third kappa shape index (κ3) is 4.24. The average Bonchev–Trinajstić information content (AvgIpc) is 3.34. The van der Waals surface area contributed by atoms with E-state index in [-0.39, 0.29) is 6.04 Å². The summed E-state index contributed by atoms with van der Waals surface area (Å²) < 4.78 is 1.04. The third-order valence-electron chi connectivity index (χ3n) is 6.34. The molecule has 0 saturated heterocycles. The predicted octanol–water partition coefficient (Wildman–Crippen LogP) is 7.72. The van der Waals surface area contributed by atoms with Crippen molar-refractivity contribution in [2.24, 2.45) is 5.10 Å². The molecule has 0 N–H and O–H groups in total. The van der Waals surface area contributed by atoms with Crippen LogP contribution in [0, 0.1) is 6.92 Å². The van der Waals surface area contributed by atoms with E-state index in [0.29, 0.717) is 5.95 Å². The molecular formula is C30H23BrN4. The van der Waals surface area contributed by atoms with Gasteiger partial charge in [0.25, 0.3) is 0 Å². The maximum atomic E-state index is 5.11. The Morgan fingerprint density at radius 1 is 0.771 bits per heavy atom. The number of fused-ring (bicyclic) bond motifs is 1. The van der Waals surface area contributed by atoms with Gasteiger partial charge < -0.3 is 0 Å². The molecule has 170 valence electrons. The van der Waals surface area contributed by atoms with Crippen LogP contribution in [0.15, 0.2) is 113 Å². The number of aryl methyl sites for hydroxylation is 1. The Labute approximate surface area is 213 Å². The molecule has 1 aliphatic heterocycles. The molecule has 0 amide bonds. The summed E-state index contributed by atoms with van der Waals surface area (Å²) >= 11 is 3.64. The van der Waals surface area contributed by atoms with E-state index in [2.05, 4.69) is 83.5 Å². The molecule has 0 spiro atoms. The Kier molecular flexibility index (Phi) is 5.63. The molecule has 0 radical (unpaired) electrons. The van der Waals surface area contributed by atoms with Crippen LogP contribution in [0.4, 0.5) is 5.95 Å². The van der Waals surface area contributed by atoms with Crippen molar-refractivity contribution in [2.75, 3.05) is 5.01 Å². The van der Waals surface area contributed by atoms with Crippen LogP contribution < -0.4 is 5.01 Å². The Hall–Kier alpha value is -3.83. The second-order valence-corrected chi connectivity index (χ2v) is 9.71. The molecule has 0 bridgehead atoms. The van der Waals surface area contributed by atoms with E-state index in [4.69, 9.17) is 15.1 Å². The van der Waals surface area contributed by atoms with Crippen molar-refractivity contribution in [3.8, 4) is 11.3 Å². The molecule has 4 nitrogen and oxygen atoms in total. The van der Waals surface area contributed by atoms with Crippen LogP contribution >= 0.6 is 15.9 Å². The SMILES string of the molecule is Cc1cccc(C2=NN(c3nc(-c4ccccc4)c4ccccc4n3)[C@@H](c3cccc(Br)c3)C2)c1. The Morgan fingerprint density at radius 3 is 2.37 bits per heavy atom. The monoisotopic (exact) mass is 518 g/mol. The zero-order valence-electron chi connectivity index (χ0n) is 19.3. The fraction of sp³-hybridized carbons (Fsp3) is 0.100. The van der Waals surface area contributed by atoms with Gasteiger partial charge in [0.2, 0.25) is 5.95 Å². The summed E-state index contributed by atoms with van der Waals surface area (Å²) in [4.78, 5) is 10.1. The molecule has 0 aliphatic carbocycles. The number of halogens is 1. The van der Waals surface area contributed by atoms with Crippen molar-refractivity contribution in [2.45, 2.75) is 19.4 Å². The van der Waals surface area contributed by atoms with E-state index in [1.807, 2.05) is 47.5 Å². The van der Waals surface area contributed by atoms with Crippen molar-refractivity contribution in [1.82, 2.24) is 9.97 Å². The smallest absolute Gasteiger partial charge is 0.223 e. The van der Waals surface area contributed by atoms with Crippen LogP contribution in [0.1, 0.15) is 29.2 Å². The number of benzene rings is 4. The topological polar surface area (TPSA) is 41.4 Å². The molecule has 1 aliphatic rings. The van der Waals surface area contributed by atoms with Gasteiger partial charge in [-0.05, 0) is 36.2 Å². The Morgan fingerprint density at radius 2 is 1.54 bits per heavy atom. The van der Waals surface area contributed by atoms with E-state index in [9.17, 15) is 0 Å². The zero-order valence-corrected chi connectivity index (χ0v) is 20.9. The van der Waals surface area contributed by atoms with Gasteiger partial charge >= 0.3 is 0 Å². The highest BCUT2D eigenvalue weighted by Gasteiger charge is 2.32. The van der Waals surface area contributed by atoms with Gasteiger partial charge in [-0.3, -0.25) is 0 Å². The number of nitrogens with zero attached hydrogens (tertiary/aromatic N) is 4. The molecule has 5 aromatic rings. The van der Waals surface area contributed by atoms with Crippen LogP contribution in [0.5, 0.6) is 0 Å². The highest BCUT2D eigenvalue weighted by atomic mass is 79.9. The molecule has 6 rings (SSSR count). The number of aromatic nitrogens is 2. The lowest BCUT2D eigenvalue weighted by molar-refractivity contribution is 0.688. The Bertz CT molecular complexity index is 1560. The fourth-order valence-electron chi connectivity index (χ4n) is 4.65. The number of para-hydroxylation sites is 1. The zero-order chi connectivity index (χ0) is 23.8. The summed E-state index contributed by atoms with van der Waals surface area (Å²) in [7, 11) is 0. The van der Waals surface area contributed by atoms with Gasteiger partial charge in [0.1, 0.15) is 0 Å². The van der Waals surface area contributed by atoms with Gasteiger partial charge in [0.15, 0.2) is 0 Å². The largest absolute Gasteiger partial charge is 0.247 e. The van der Waals surface area contributed by atoms with Gasteiger partial charge in [0.05, 0.1) is 23.0 Å². The van der Waals surface area contributed by atoms with Crippen molar-refractivity contribution in [1.29, 1.82) is 0 Å². The number of hydrogen-bond acceptors (Lipinski definition) is 4. The second-order valence-electron chi connectivity index (χ2n) is 8.79. The van der Waals surface area contributed by atoms with Crippen LogP contribution in [-0.4, -0.2) is 15.7 Å². The lowest BCUT2D eigenvalue weighted by atomic mass is 9.98. The van der Waals surface area contributed by atoms with Crippen LogP contribution in [0.25, 0.3) is 22.2 Å². The van der Waals surface area contributed by atoms with Crippen molar-refractivity contribution in [3.63, 3.8) is 0 Å². The van der Waals surface area contributed by atoms with Crippen molar-refractivity contribution >= 4 is 38.5 Å². The van der Waals surface area contributed by atoms with Gasteiger partial charge in [-0.15, -0.1) is 0 Å². The highest BCUT2D eigenvalue weighted by molar-refractivity contribution is 9.10. The minimum Gasteiger partial charge on any atom is -0.223 e. The maximum absolute atomic E-state index is 5.11. The number of rotatable bonds is 4. The number of hydrazone groups is 1. The summed E-state index contributed by atoms with van der Waals surface area (Å²) in [6, 6.07) is 35.4. The summed E-state index contributed by atoms with van der Waals surface area (Å²) in [5, 5.41) is 8.14. The van der Waals surface area contributed by atoms with Crippen molar-refractivity contribution < 1.29 is 0 Å². The number of hydrogen-bond donors (Lipinski definition) is 0. The standard InChI is InChI=1S/C30H23BrN4/c1-20-9-7-12-22(17-20)27-19-28(23-13-8-14-24(31)18-23)35(34-27)30-32-26-16-6-5-15-25(26)29(33-30)21-10-3-2-4-11-21/h2-18,28H,19H2,1H3/t28-/m1/s1. The van der Waals surface area contributed by atoms with E-state index in [1.54, 1.807) is 0 Å². The molecule has 0 saturated carbocycles. The highest BCUT2D eigenvalue weighted by Crippen LogP contribution is 2.38. The van der Waals surface area contributed by atoms with Gasteiger partial charge in [-0.25, -0.2) is 15.0 Å². The average molecular weight is 519 g/mol. The summed E-state index contributed by atoms with van der Waals surface area (Å²) in [6.07, 6.45) is 0.775. The van der Waals surface area contributed by atoms with E-state index < -0.39 is 0 Å². The van der Waals surface area contributed by atoms with Crippen LogP contribution in [0.3, 0.4) is 0 Å². The lowest BCUT2D eigenvalue weighted by Gasteiger charge is -2.23. The van der Waals surface area contributed by atoms with E-state index in [0.717, 1.165) is 44.3 Å². The first-order valence-corrected chi connectivity index (χ1v) is 12.5. The third-order valence-corrected chi connectivity index (χ3v) is 6.83. The van der Waals surface area contributed by atoms with Gasteiger partial charge in [-0.2, -0.15) is 5.10 Å². The van der Waals surface area contributed by atoms with Gasteiger partial charge in [0, 0.05) is 21.8 Å². The molecule has 0 fully saturated rings. The molecule has 1 atom stereocenters. The number of anilines is 1.